The Morgan fingerprint density at radius 1 is 1.10 bits per heavy atom. The van der Waals surface area contributed by atoms with E-state index < -0.39 is 0 Å². The Balaban J connectivity index is 1.70. The summed E-state index contributed by atoms with van der Waals surface area (Å²) >= 11 is 0. The number of pyridine rings is 1. The Morgan fingerprint density at radius 2 is 1.86 bits per heavy atom. The van der Waals surface area contributed by atoms with E-state index in [9.17, 15) is 4.79 Å². The van der Waals surface area contributed by atoms with Gasteiger partial charge >= 0.3 is 0 Å². The molecule has 0 atom stereocenters. The van der Waals surface area contributed by atoms with Crippen LogP contribution in [0.4, 0.5) is 0 Å². The zero-order valence-electron chi connectivity index (χ0n) is 16.5. The van der Waals surface area contributed by atoms with Crippen molar-refractivity contribution in [3.05, 3.63) is 77.0 Å². The molecule has 0 unspecified atom stereocenters. The largest absolute Gasteiger partial charge is 0.496 e. The van der Waals surface area contributed by atoms with E-state index in [1.165, 1.54) is 0 Å². The molecule has 0 aliphatic heterocycles. The van der Waals surface area contributed by atoms with Crippen LogP contribution < -0.4 is 10.1 Å². The SMILES string of the molecule is COc1ccccc1CNC(=O)c1cc(-c2ccc(C)cc2)nc2onc(C)c12. The molecule has 0 fully saturated rings. The van der Waals surface area contributed by atoms with Crippen LogP contribution in [0.3, 0.4) is 0 Å². The number of hydrogen-bond acceptors (Lipinski definition) is 5. The summed E-state index contributed by atoms with van der Waals surface area (Å²) in [6.45, 7) is 4.17. The minimum Gasteiger partial charge on any atom is -0.496 e. The van der Waals surface area contributed by atoms with Crippen LogP contribution in [-0.2, 0) is 6.54 Å². The van der Waals surface area contributed by atoms with Gasteiger partial charge in [0.1, 0.15) is 5.75 Å². The van der Waals surface area contributed by atoms with Gasteiger partial charge in [0.15, 0.2) is 0 Å². The number of carbonyl (C=O) groups excluding carboxylic acids is 1. The Hall–Kier alpha value is -3.67. The lowest BCUT2D eigenvalue weighted by Crippen LogP contribution is -2.23. The fourth-order valence-electron chi connectivity index (χ4n) is 3.27. The number of aromatic nitrogens is 2. The topological polar surface area (TPSA) is 77.2 Å². The first-order valence-electron chi connectivity index (χ1n) is 9.31. The van der Waals surface area contributed by atoms with Crippen molar-refractivity contribution >= 4 is 17.0 Å². The van der Waals surface area contributed by atoms with Crippen LogP contribution in [0.2, 0.25) is 0 Å². The number of fused-ring (bicyclic) bond motifs is 1. The zero-order chi connectivity index (χ0) is 20.4. The summed E-state index contributed by atoms with van der Waals surface area (Å²) in [7, 11) is 1.61. The number of benzene rings is 2. The van der Waals surface area contributed by atoms with Gasteiger partial charge in [-0.05, 0) is 26.0 Å². The van der Waals surface area contributed by atoms with Crippen LogP contribution in [0, 0.1) is 13.8 Å². The molecule has 0 bridgehead atoms. The first-order valence-corrected chi connectivity index (χ1v) is 9.31. The summed E-state index contributed by atoms with van der Waals surface area (Å²) in [6.07, 6.45) is 0. The summed E-state index contributed by atoms with van der Waals surface area (Å²) in [4.78, 5) is 17.6. The second kappa shape index (κ2) is 7.75. The molecule has 0 aliphatic carbocycles. The van der Waals surface area contributed by atoms with E-state index in [0.29, 0.717) is 34.6 Å². The molecule has 6 heteroatoms. The average Bonchev–Trinajstić information content (AvgIpc) is 3.13. The fourth-order valence-corrected chi connectivity index (χ4v) is 3.27. The molecule has 2 aromatic carbocycles. The number of carbonyl (C=O) groups is 1. The smallest absolute Gasteiger partial charge is 0.259 e. The Labute approximate surface area is 168 Å². The molecule has 146 valence electrons. The van der Waals surface area contributed by atoms with Crippen LogP contribution in [0.25, 0.3) is 22.4 Å². The minimum absolute atomic E-state index is 0.219. The highest BCUT2D eigenvalue weighted by Crippen LogP contribution is 2.27. The van der Waals surface area contributed by atoms with Crippen molar-refractivity contribution < 1.29 is 14.1 Å². The van der Waals surface area contributed by atoms with Crippen LogP contribution in [0.15, 0.2) is 59.1 Å². The number of methoxy groups -OCH3 is 1. The van der Waals surface area contributed by atoms with E-state index in [-0.39, 0.29) is 5.91 Å². The second-order valence-electron chi connectivity index (χ2n) is 6.86. The maximum absolute atomic E-state index is 13.1. The molecule has 6 nitrogen and oxygen atoms in total. The zero-order valence-corrected chi connectivity index (χ0v) is 16.5. The molecule has 2 aromatic heterocycles. The number of aryl methyl sites for hydroxylation is 2. The molecule has 0 aliphatic rings. The number of rotatable bonds is 5. The lowest BCUT2D eigenvalue weighted by atomic mass is 10.0. The lowest BCUT2D eigenvalue weighted by Gasteiger charge is -2.11. The predicted molar refractivity (Wildman–Crippen MR) is 111 cm³/mol. The van der Waals surface area contributed by atoms with Crippen molar-refractivity contribution in [2.45, 2.75) is 20.4 Å². The number of nitrogens with one attached hydrogen (secondary N) is 1. The number of amides is 1. The summed E-state index contributed by atoms with van der Waals surface area (Å²) in [5.41, 5.74) is 5.09. The third-order valence-electron chi connectivity index (χ3n) is 4.84. The maximum Gasteiger partial charge on any atom is 0.259 e. The monoisotopic (exact) mass is 387 g/mol. The third kappa shape index (κ3) is 3.69. The van der Waals surface area contributed by atoms with E-state index in [0.717, 1.165) is 22.4 Å². The average molecular weight is 387 g/mol. The minimum atomic E-state index is -0.219. The molecule has 4 rings (SSSR count). The Bertz CT molecular complexity index is 1180. The van der Waals surface area contributed by atoms with Crippen LogP contribution >= 0.6 is 0 Å². The second-order valence-corrected chi connectivity index (χ2v) is 6.86. The van der Waals surface area contributed by atoms with Crippen molar-refractivity contribution in [1.29, 1.82) is 0 Å². The molecule has 2 heterocycles. The first-order chi connectivity index (χ1) is 14.1. The van der Waals surface area contributed by atoms with E-state index in [4.69, 9.17) is 9.26 Å². The molecule has 29 heavy (non-hydrogen) atoms. The highest BCUT2D eigenvalue weighted by atomic mass is 16.5. The molecule has 0 saturated heterocycles. The van der Waals surface area contributed by atoms with Crippen molar-refractivity contribution in [1.82, 2.24) is 15.5 Å². The lowest BCUT2D eigenvalue weighted by molar-refractivity contribution is 0.0952. The molecular formula is C23H21N3O3. The summed E-state index contributed by atoms with van der Waals surface area (Å²) in [5.74, 6) is 0.511. The quantitative estimate of drug-likeness (QED) is 0.548. The number of ether oxygens (including phenoxy) is 1. The van der Waals surface area contributed by atoms with Gasteiger partial charge in [-0.25, -0.2) is 4.98 Å². The van der Waals surface area contributed by atoms with Gasteiger partial charge in [-0.2, -0.15) is 0 Å². The highest BCUT2D eigenvalue weighted by Gasteiger charge is 2.19. The number of para-hydroxylation sites is 1. The molecule has 1 amide bonds. The van der Waals surface area contributed by atoms with Gasteiger partial charge in [-0.1, -0.05) is 53.2 Å². The van der Waals surface area contributed by atoms with Crippen molar-refractivity contribution in [2.75, 3.05) is 7.11 Å². The summed E-state index contributed by atoms with van der Waals surface area (Å²) in [5, 5.41) is 7.59. The Morgan fingerprint density at radius 3 is 2.62 bits per heavy atom. The molecule has 1 N–H and O–H groups in total. The molecular weight excluding hydrogens is 366 g/mol. The number of hydrogen-bond donors (Lipinski definition) is 1. The van der Waals surface area contributed by atoms with E-state index in [2.05, 4.69) is 15.5 Å². The van der Waals surface area contributed by atoms with Crippen LogP contribution in [-0.4, -0.2) is 23.2 Å². The van der Waals surface area contributed by atoms with Crippen LogP contribution in [0.1, 0.15) is 27.2 Å². The number of nitrogens with zero attached hydrogens (tertiary/aromatic N) is 2. The molecule has 4 aromatic rings. The normalized spacial score (nSPS) is 10.9. The van der Waals surface area contributed by atoms with Gasteiger partial charge in [0, 0.05) is 17.7 Å². The first kappa shape index (κ1) is 18.7. The van der Waals surface area contributed by atoms with Crippen LogP contribution in [0.5, 0.6) is 5.75 Å². The Kier molecular flexibility index (Phi) is 4.99. The van der Waals surface area contributed by atoms with Gasteiger partial charge in [0.05, 0.1) is 29.4 Å². The van der Waals surface area contributed by atoms with E-state index in [1.54, 1.807) is 20.1 Å². The standard InChI is InChI=1S/C23H21N3O3/c1-14-8-10-16(11-9-14)19-12-18(21-15(2)26-29-23(21)25-19)22(27)24-13-17-6-4-5-7-20(17)28-3/h4-12H,13H2,1-3H3,(H,24,27). The van der Waals surface area contributed by atoms with Crippen molar-refractivity contribution in [2.24, 2.45) is 0 Å². The maximum atomic E-state index is 13.1. The van der Waals surface area contributed by atoms with Gasteiger partial charge in [-0.15, -0.1) is 0 Å². The highest BCUT2D eigenvalue weighted by molar-refractivity contribution is 6.07. The molecule has 0 radical (unpaired) electrons. The third-order valence-corrected chi connectivity index (χ3v) is 4.84. The van der Waals surface area contributed by atoms with E-state index in [1.807, 2.05) is 55.5 Å². The molecule has 0 saturated carbocycles. The summed E-state index contributed by atoms with van der Waals surface area (Å²) < 4.78 is 10.7. The predicted octanol–water partition coefficient (Wildman–Crippen LogP) is 4.45. The molecule has 0 spiro atoms. The van der Waals surface area contributed by atoms with Gasteiger partial charge in [-0.3, -0.25) is 4.79 Å². The van der Waals surface area contributed by atoms with Gasteiger partial charge < -0.3 is 14.6 Å². The van der Waals surface area contributed by atoms with Gasteiger partial charge in [0.2, 0.25) is 0 Å². The van der Waals surface area contributed by atoms with Crippen molar-refractivity contribution in [3.8, 4) is 17.0 Å². The van der Waals surface area contributed by atoms with E-state index >= 15 is 0 Å². The van der Waals surface area contributed by atoms with Crippen molar-refractivity contribution in [3.63, 3.8) is 0 Å². The fraction of sp³-hybridized carbons (Fsp3) is 0.174. The summed E-state index contributed by atoms with van der Waals surface area (Å²) in [6, 6.07) is 17.3. The van der Waals surface area contributed by atoms with Gasteiger partial charge in [0.25, 0.3) is 11.6 Å².